The first-order valence-electron chi connectivity index (χ1n) is 2.52. The summed E-state index contributed by atoms with van der Waals surface area (Å²) in [6.45, 7) is 0. The van der Waals surface area contributed by atoms with Crippen molar-refractivity contribution in [2.45, 2.75) is 12.8 Å². The van der Waals surface area contributed by atoms with E-state index in [0.29, 0.717) is 0 Å². The fourth-order valence-electron chi connectivity index (χ4n) is 0.327. The summed E-state index contributed by atoms with van der Waals surface area (Å²) < 4.78 is 0. The third-order valence-corrected chi connectivity index (χ3v) is 0.804. The lowest BCUT2D eigenvalue weighted by molar-refractivity contribution is -0.149. The van der Waals surface area contributed by atoms with Gasteiger partial charge in [0.25, 0.3) is 0 Å². The largest absolute Gasteiger partial charge is 0.481 e. The van der Waals surface area contributed by atoms with E-state index in [1.54, 1.807) is 0 Å². The number of rotatable bonds is 4. The van der Waals surface area contributed by atoms with Gasteiger partial charge < -0.3 is 10.2 Å². The number of carboxylic acid groups (broad SMARTS) is 2. The van der Waals surface area contributed by atoms with E-state index in [9.17, 15) is 14.4 Å². The molecule has 0 spiro atoms. The molecular formula is C5H6O5. The number of hydrogen-bond acceptors (Lipinski definition) is 3. The average Bonchev–Trinajstić information content (AvgIpc) is 1.82. The van der Waals surface area contributed by atoms with Gasteiger partial charge in [-0.1, -0.05) is 0 Å². The fraction of sp³-hybridized carbons (Fsp3) is 0.400. The van der Waals surface area contributed by atoms with Crippen LogP contribution in [0.25, 0.3) is 0 Å². The maximum atomic E-state index is 10.2. The van der Waals surface area contributed by atoms with E-state index in [-0.39, 0.29) is 0 Å². The quantitative estimate of drug-likeness (QED) is 0.524. The highest BCUT2D eigenvalue weighted by atomic mass is 16.4. The topological polar surface area (TPSA) is 91.7 Å². The van der Waals surface area contributed by atoms with Gasteiger partial charge in [-0.15, -0.1) is 0 Å². The normalized spacial score (nSPS) is 8.80. The standard InChI is InChI=1S/C5H6O5/c6-3(5(9)10)1-2-4(7)8/h1-2H2,(H,7,8)(H,9,10)/i3+2. The van der Waals surface area contributed by atoms with Crippen molar-refractivity contribution in [2.75, 3.05) is 0 Å². The molecule has 0 heterocycles. The molecular weight excluding hydrogens is 142 g/mol. The SMILES string of the molecule is O=C(O)CC[14C](=O)C(=O)O. The summed E-state index contributed by atoms with van der Waals surface area (Å²) in [4.78, 5) is 29.7. The first-order valence-corrected chi connectivity index (χ1v) is 2.52. The molecule has 5 nitrogen and oxygen atoms in total. The van der Waals surface area contributed by atoms with Crippen molar-refractivity contribution in [1.82, 2.24) is 0 Å². The molecule has 2 N–H and O–H groups in total. The first kappa shape index (κ1) is 8.61. The minimum absolute atomic E-state index is 0.425. The molecule has 0 aliphatic rings. The van der Waals surface area contributed by atoms with Crippen LogP contribution in [-0.4, -0.2) is 27.9 Å². The van der Waals surface area contributed by atoms with E-state index >= 15 is 0 Å². The van der Waals surface area contributed by atoms with E-state index in [0.717, 1.165) is 0 Å². The summed E-state index contributed by atoms with van der Waals surface area (Å²) in [5.74, 6) is -3.82. The summed E-state index contributed by atoms with van der Waals surface area (Å²) in [5, 5.41) is 16.0. The summed E-state index contributed by atoms with van der Waals surface area (Å²) in [7, 11) is 0. The van der Waals surface area contributed by atoms with Crippen LogP contribution in [0.1, 0.15) is 12.8 Å². The molecule has 0 aromatic rings. The third-order valence-electron chi connectivity index (χ3n) is 0.804. The molecule has 5 heteroatoms. The Morgan fingerprint density at radius 3 is 2.10 bits per heavy atom. The van der Waals surface area contributed by atoms with Crippen LogP contribution in [0, 0.1) is 0 Å². The predicted octanol–water partition coefficient (Wildman–Crippen LogP) is -0.495. The molecule has 56 valence electrons. The molecule has 0 saturated heterocycles. The van der Waals surface area contributed by atoms with Gasteiger partial charge in [-0.2, -0.15) is 0 Å². The Hall–Kier alpha value is -1.39. The molecule has 0 bridgehead atoms. The molecule has 0 rings (SSSR count). The highest BCUT2D eigenvalue weighted by Gasteiger charge is 2.12. The highest BCUT2D eigenvalue weighted by Crippen LogP contribution is 1.89. The van der Waals surface area contributed by atoms with E-state index in [1.165, 1.54) is 0 Å². The van der Waals surface area contributed by atoms with Gasteiger partial charge in [0.05, 0.1) is 6.42 Å². The van der Waals surface area contributed by atoms with Crippen LogP contribution < -0.4 is 0 Å². The minimum Gasteiger partial charge on any atom is -0.481 e. The monoisotopic (exact) mass is 148 g/mol. The Kier molecular flexibility index (Phi) is 3.10. The van der Waals surface area contributed by atoms with Gasteiger partial charge in [0.15, 0.2) is 0 Å². The van der Waals surface area contributed by atoms with Crippen molar-refractivity contribution in [3.05, 3.63) is 0 Å². The molecule has 0 aliphatic carbocycles. The van der Waals surface area contributed by atoms with E-state index < -0.39 is 30.6 Å². The Bertz CT molecular complexity index is 171. The number of carboxylic acids is 2. The molecule has 0 amide bonds. The van der Waals surface area contributed by atoms with Gasteiger partial charge in [0, 0.05) is 6.42 Å². The molecule has 0 atom stereocenters. The fourth-order valence-corrected chi connectivity index (χ4v) is 0.327. The summed E-state index contributed by atoms with van der Waals surface area (Å²) in [6.07, 6.45) is -0.865. The van der Waals surface area contributed by atoms with Crippen molar-refractivity contribution >= 4 is 17.7 Å². The number of Topliss-reactive ketones (excluding diaryl/α,β-unsaturated/α-hetero) is 1. The van der Waals surface area contributed by atoms with Gasteiger partial charge in [0.1, 0.15) is 0 Å². The first-order chi connectivity index (χ1) is 4.54. The Labute approximate surface area is 56.3 Å². The second-order valence-electron chi connectivity index (χ2n) is 1.62. The maximum Gasteiger partial charge on any atom is 0.372 e. The van der Waals surface area contributed by atoms with Crippen molar-refractivity contribution in [3.63, 3.8) is 0 Å². The zero-order valence-electron chi connectivity index (χ0n) is 5.03. The number of carbonyl (C=O) groups excluding carboxylic acids is 1. The molecule has 0 aromatic carbocycles. The van der Waals surface area contributed by atoms with Gasteiger partial charge >= 0.3 is 11.9 Å². The zero-order chi connectivity index (χ0) is 8.15. The Morgan fingerprint density at radius 2 is 1.80 bits per heavy atom. The van der Waals surface area contributed by atoms with E-state index in [2.05, 4.69) is 0 Å². The molecule has 0 fully saturated rings. The summed E-state index contributed by atoms with van der Waals surface area (Å²) in [5.41, 5.74) is 0. The second-order valence-corrected chi connectivity index (χ2v) is 1.62. The zero-order valence-corrected chi connectivity index (χ0v) is 5.03. The van der Waals surface area contributed by atoms with Crippen LogP contribution in [-0.2, 0) is 14.4 Å². The molecule has 0 unspecified atom stereocenters. The van der Waals surface area contributed by atoms with Crippen molar-refractivity contribution in [3.8, 4) is 0 Å². The summed E-state index contributed by atoms with van der Waals surface area (Å²) >= 11 is 0. The molecule has 0 saturated carbocycles. The molecule has 0 aliphatic heterocycles. The maximum absolute atomic E-state index is 10.2. The van der Waals surface area contributed by atoms with Gasteiger partial charge in [-0.3, -0.25) is 9.59 Å². The van der Waals surface area contributed by atoms with E-state index in [1.807, 2.05) is 0 Å². The van der Waals surface area contributed by atoms with Crippen LogP contribution in [0.2, 0.25) is 0 Å². The number of hydrogen-bond donors (Lipinski definition) is 2. The van der Waals surface area contributed by atoms with E-state index in [4.69, 9.17) is 10.2 Å². The molecule has 0 aromatic heterocycles. The lowest BCUT2D eigenvalue weighted by atomic mass is 10.4. The van der Waals surface area contributed by atoms with Crippen molar-refractivity contribution < 1.29 is 24.6 Å². The van der Waals surface area contributed by atoms with Crippen LogP contribution in [0.3, 0.4) is 0 Å². The van der Waals surface area contributed by atoms with Crippen LogP contribution >= 0.6 is 0 Å². The predicted molar refractivity (Wildman–Crippen MR) is 29.5 cm³/mol. The average molecular weight is 148 g/mol. The smallest absolute Gasteiger partial charge is 0.372 e. The molecule has 10 heavy (non-hydrogen) atoms. The van der Waals surface area contributed by atoms with Crippen LogP contribution in [0.4, 0.5) is 0 Å². The summed E-state index contributed by atoms with van der Waals surface area (Å²) in [6, 6.07) is 0. The number of carbonyl (C=O) groups is 3. The van der Waals surface area contributed by atoms with Crippen LogP contribution in [0.15, 0.2) is 0 Å². The molecule has 0 radical (unpaired) electrons. The van der Waals surface area contributed by atoms with Gasteiger partial charge in [-0.05, 0) is 0 Å². The minimum atomic E-state index is -1.58. The lowest BCUT2D eigenvalue weighted by Crippen LogP contribution is -2.13. The Balaban J connectivity index is 3.60. The number of aliphatic carboxylic acids is 2. The van der Waals surface area contributed by atoms with Crippen LogP contribution in [0.5, 0.6) is 0 Å². The van der Waals surface area contributed by atoms with Gasteiger partial charge in [0.2, 0.25) is 5.78 Å². The second kappa shape index (κ2) is 3.60. The lowest BCUT2D eigenvalue weighted by Gasteiger charge is -1.88. The number of ketones is 1. The van der Waals surface area contributed by atoms with Crippen molar-refractivity contribution in [2.24, 2.45) is 0 Å². The van der Waals surface area contributed by atoms with Gasteiger partial charge in [-0.25, -0.2) is 4.79 Å². The Morgan fingerprint density at radius 1 is 1.30 bits per heavy atom. The highest BCUT2D eigenvalue weighted by molar-refractivity contribution is 6.32. The van der Waals surface area contributed by atoms with Crippen molar-refractivity contribution in [1.29, 1.82) is 0 Å². The third kappa shape index (κ3) is 3.59.